The van der Waals surface area contributed by atoms with Crippen molar-refractivity contribution in [3.05, 3.63) is 65.7 Å². The second-order valence-electron chi connectivity index (χ2n) is 4.36. The lowest BCUT2D eigenvalue weighted by Gasteiger charge is -2.14. The van der Waals surface area contributed by atoms with E-state index in [1.807, 2.05) is 0 Å². The lowest BCUT2D eigenvalue weighted by molar-refractivity contribution is 0.574. The van der Waals surface area contributed by atoms with E-state index < -0.39 is 0 Å². The molecular weight excluding hydrogens is 238 g/mol. The van der Waals surface area contributed by atoms with Gasteiger partial charge in [-0.1, -0.05) is 42.5 Å². The number of thioether (sulfide) groups is 1. The average Bonchev–Trinajstić information content (AvgIpc) is 2.46. The molecule has 0 radical (unpaired) electrons. The molecule has 0 amide bonds. The third-order valence-electron chi connectivity index (χ3n) is 3.07. The van der Waals surface area contributed by atoms with Gasteiger partial charge >= 0.3 is 0 Å². The van der Waals surface area contributed by atoms with E-state index in [2.05, 4.69) is 73.1 Å². The fourth-order valence-electron chi connectivity index (χ4n) is 1.87. The molecule has 2 rings (SSSR count). The van der Waals surface area contributed by atoms with Crippen LogP contribution in [0.1, 0.15) is 24.1 Å². The van der Waals surface area contributed by atoms with Crippen LogP contribution >= 0.6 is 11.8 Å². The Morgan fingerprint density at radius 1 is 1.00 bits per heavy atom. The molecule has 2 heteroatoms. The Labute approximate surface area is 114 Å². The maximum atomic E-state index is 3.55. The van der Waals surface area contributed by atoms with Crippen molar-refractivity contribution < 1.29 is 0 Å². The molecule has 94 valence electrons. The summed E-state index contributed by atoms with van der Waals surface area (Å²) in [4.78, 5) is 1.31. The summed E-state index contributed by atoms with van der Waals surface area (Å²) in [6.07, 6.45) is 2.10. The Kier molecular flexibility index (Phi) is 4.85. The van der Waals surface area contributed by atoms with Crippen LogP contribution in [0, 0.1) is 0 Å². The molecule has 0 saturated carbocycles. The molecule has 0 aliphatic heterocycles. The molecule has 2 aromatic rings. The normalized spacial score (nSPS) is 12.3. The van der Waals surface area contributed by atoms with Crippen LogP contribution in [0.3, 0.4) is 0 Å². The van der Waals surface area contributed by atoms with E-state index in [1.54, 1.807) is 11.8 Å². The Hall–Kier alpha value is -1.25. The van der Waals surface area contributed by atoms with E-state index >= 15 is 0 Å². The predicted octanol–water partition coefficient (Wildman–Crippen LogP) is 4.26. The lowest BCUT2D eigenvalue weighted by Crippen LogP contribution is -2.17. The Bertz CT molecular complexity index is 464. The van der Waals surface area contributed by atoms with Crippen LogP contribution in [0.2, 0.25) is 0 Å². The van der Waals surface area contributed by atoms with Gasteiger partial charge in [-0.05, 0) is 36.4 Å². The highest BCUT2D eigenvalue weighted by Crippen LogP contribution is 2.16. The van der Waals surface area contributed by atoms with E-state index in [1.165, 1.54) is 16.0 Å². The van der Waals surface area contributed by atoms with E-state index in [9.17, 15) is 0 Å². The van der Waals surface area contributed by atoms with Crippen molar-refractivity contribution >= 4 is 11.8 Å². The van der Waals surface area contributed by atoms with Gasteiger partial charge in [0.1, 0.15) is 0 Å². The van der Waals surface area contributed by atoms with Crippen molar-refractivity contribution in [2.45, 2.75) is 24.4 Å². The monoisotopic (exact) mass is 257 g/mol. The largest absolute Gasteiger partial charge is 0.306 e. The van der Waals surface area contributed by atoms with Crippen molar-refractivity contribution in [2.24, 2.45) is 0 Å². The standard InChI is InChI=1S/C16H19NS/c1-13(15-6-4-3-5-7-15)17-12-14-8-10-16(18-2)11-9-14/h3-11,13,17H,12H2,1-2H3/t13-/m1/s1. The smallest absolute Gasteiger partial charge is 0.0294 e. The highest BCUT2D eigenvalue weighted by molar-refractivity contribution is 7.98. The fraction of sp³-hybridized carbons (Fsp3) is 0.250. The van der Waals surface area contributed by atoms with Crippen LogP contribution < -0.4 is 5.32 Å². The molecule has 18 heavy (non-hydrogen) atoms. The zero-order valence-corrected chi connectivity index (χ0v) is 11.7. The fourth-order valence-corrected chi connectivity index (χ4v) is 2.28. The minimum Gasteiger partial charge on any atom is -0.306 e. The van der Waals surface area contributed by atoms with Crippen molar-refractivity contribution in [3.63, 3.8) is 0 Å². The van der Waals surface area contributed by atoms with Crippen molar-refractivity contribution in [3.8, 4) is 0 Å². The van der Waals surface area contributed by atoms with Gasteiger partial charge < -0.3 is 5.32 Å². The van der Waals surface area contributed by atoms with E-state index in [-0.39, 0.29) is 0 Å². The van der Waals surface area contributed by atoms with Crippen LogP contribution in [-0.2, 0) is 6.54 Å². The van der Waals surface area contributed by atoms with Gasteiger partial charge in [0.2, 0.25) is 0 Å². The third-order valence-corrected chi connectivity index (χ3v) is 3.81. The molecule has 0 saturated heterocycles. The van der Waals surface area contributed by atoms with Crippen molar-refractivity contribution in [1.29, 1.82) is 0 Å². The van der Waals surface area contributed by atoms with Gasteiger partial charge in [0.15, 0.2) is 0 Å². The molecule has 0 unspecified atom stereocenters. The molecule has 1 N–H and O–H groups in total. The topological polar surface area (TPSA) is 12.0 Å². The number of rotatable bonds is 5. The number of hydrogen-bond donors (Lipinski definition) is 1. The van der Waals surface area contributed by atoms with Gasteiger partial charge in [0, 0.05) is 17.5 Å². The molecule has 0 aliphatic rings. The molecule has 2 aromatic carbocycles. The zero-order chi connectivity index (χ0) is 12.8. The summed E-state index contributed by atoms with van der Waals surface area (Å²) in [6.45, 7) is 3.11. The molecule has 0 spiro atoms. The van der Waals surface area contributed by atoms with Gasteiger partial charge in [0.25, 0.3) is 0 Å². The Morgan fingerprint density at radius 2 is 1.67 bits per heavy atom. The molecule has 1 atom stereocenters. The minimum atomic E-state index is 0.381. The second-order valence-corrected chi connectivity index (χ2v) is 5.24. The summed E-state index contributed by atoms with van der Waals surface area (Å²) in [7, 11) is 0. The third kappa shape index (κ3) is 3.62. The molecule has 0 heterocycles. The van der Waals surface area contributed by atoms with Crippen LogP contribution in [0.5, 0.6) is 0 Å². The first kappa shape index (κ1) is 13.2. The summed E-state index contributed by atoms with van der Waals surface area (Å²) in [5, 5.41) is 3.55. The lowest BCUT2D eigenvalue weighted by atomic mass is 10.1. The van der Waals surface area contributed by atoms with Crippen LogP contribution in [-0.4, -0.2) is 6.26 Å². The maximum Gasteiger partial charge on any atom is 0.0294 e. The van der Waals surface area contributed by atoms with Gasteiger partial charge in [-0.3, -0.25) is 0 Å². The highest BCUT2D eigenvalue weighted by Gasteiger charge is 2.03. The SMILES string of the molecule is CSc1ccc(CN[C@H](C)c2ccccc2)cc1. The molecule has 1 nitrogen and oxygen atoms in total. The highest BCUT2D eigenvalue weighted by atomic mass is 32.2. The molecule has 0 aromatic heterocycles. The average molecular weight is 257 g/mol. The van der Waals surface area contributed by atoms with Gasteiger partial charge in [-0.25, -0.2) is 0 Å². The van der Waals surface area contributed by atoms with Crippen molar-refractivity contribution in [2.75, 3.05) is 6.26 Å². The Morgan fingerprint density at radius 3 is 2.28 bits per heavy atom. The Balaban J connectivity index is 1.91. The van der Waals surface area contributed by atoms with Crippen molar-refractivity contribution in [1.82, 2.24) is 5.32 Å². The van der Waals surface area contributed by atoms with Crippen LogP contribution in [0.25, 0.3) is 0 Å². The maximum absolute atomic E-state index is 3.55. The zero-order valence-electron chi connectivity index (χ0n) is 10.9. The molecule has 0 aliphatic carbocycles. The summed E-state index contributed by atoms with van der Waals surface area (Å²) in [6, 6.07) is 19.7. The number of hydrogen-bond acceptors (Lipinski definition) is 2. The molecular formula is C16H19NS. The van der Waals surface area contributed by atoms with E-state index in [0.717, 1.165) is 6.54 Å². The van der Waals surface area contributed by atoms with Gasteiger partial charge in [-0.15, -0.1) is 11.8 Å². The molecule has 0 bridgehead atoms. The minimum absolute atomic E-state index is 0.381. The van der Waals surface area contributed by atoms with Crippen LogP contribution in [0.4, 0.5) is 0 Å². The van der Waals surface area contributed by atoms with E-state index in [4.69, 9.17) is 0 Å². The van der Waals surface area contributed by atoms with Gasteiger partial charge in [-0.2, -0.15) is 0 Å². The summed E-state index contributed by atoms with van der Waals surface area (Å²) in [5.41, 5.74) is 2.66. The first-order chi connectivity index (χ1) is 8.79. The summed E-state index contributed by atoms with van der Waals surface area (Å²) >= 11 is 1.78. The van der Waals surface area contributed by atoms with Crippen LogP contribution in [0.15, 0.2) is 59.5 Å². The summed E-state index contributed by atoms with van der Waals surface area (Å²) < 4.78 is 0. The predicted molar refractivity (Wildman–Crippen MR) is 79.9 cm³/mol. The first-order valence-electron chi connectivity index (χ1n) is 6.21. The quantitative estimate of drug-likeness (QED) is 0.803. The number of nitrogens with one attached hydrogen (secondary N) is 1. The summed E-state index contributed by atoms with van der Waals surface area (Å²) in [5.74, 6) is 0. The van der Waals surface area contributed by atoms with Gasteiger partial charge in [0.05, 0.1) is 0 Å². The van der Waals surface area contributed by atoms with E-state index in [0.29, 0.717) is 6.04 Å². The second kappa shape index (κ2) is 6.62. The number of benzene rings is 2. The molecule has 0 fully saturated rings. The first-order valence-corrected chi connectivity index (χ1v) is 7.43.